The molecule has 0 amide bonds. The van der Waals surface area contributed by atoms with E-state index in [9.17, 15) is 62.9 Å². The summed E-state index contributed by atoms with van der Waals surface area (Å²) in [5.74, 6) is 0. The smallest absolute Gasteiger partial charge is 0.369 e. The highest BCUT2D eigenvalue weighted by Crippen LogP contribution is 2.56. The molecule has 0 saturated carbocycles. The van der Waals surface area contributed by atoms with Gasteiger partial charge in [-0.2, -0.15) is 52.7 Å². The van der Waals surface area contributed by atoms with Crippen LogP contribution < -0.4 is 0 Å². The third-order valence-electron chi connectivity index (χ3n) is 3.42. The van der Waals surface area contributed by atoms with Crippen LogP contribution in [-0.2, 0) is 11.2 Å². The second-order valence-corrected chi connectivity index (χ2v) is 5.87. The molecule has 27 heavy (non-hydrogen) atoms. The van der Waals surface area contributed by atoms with Crippen LogP contribution in [0.5, 0.6) is 0 Å². The summed E-state index contributed by atoms with van der Waals surface area (Å²) in [6.45, 7) is 0. The normalized spacial score (nSPS) is 15.2. The molecular formula is C12H5BrF12O2. The van der Waals surface area contributed by atoms with Crippen molar-refractivity contribution in [2.45, 2.75) is 35.9 Å². The minimum absolute atomic E-state index is 0.0413. The van der Waals surface area contributed by atoms with Gasteiger partial charge in [0.15, 0.2) is 0 Å². The molecule has 0 saturated heterocycles. The Morgan fingerprint density at radius 3 is 0.963 bits per heavy atom. The first kappa shape index (κ1) is 23.8. The van der Waals surface area contributed by atoms with Crippen LogP contribution in [0.4, 0.5) is 52.7 Å². The maximum atomic E-state index is 12.9. The Morgan fingerprint density at radius 2 is 0.778 bits per heavy atom. The van der Waals surface area contributed by atoms with Crippen LogP contribution in [-0.4, -0.2) is 34.9 Å². The van der Waals surface area contributed by atoms with Crippen molar-refractivity contribution in [3.05, 3.63) is 33.8 Å². The molecule has 0 fully saturated rings. The van der Waals surface area contributed by atoms with Crippen molar-refractivity contribution in [1.82, 2.24) is 0 Å². The van der Waals surface area contributed by atoms with Crippen LogP contribution in [0, 0.1) is 0 Å². The zero-order valence-electron chi connectivity index (χ0n) is 12.0. The molecule has 0 heterocycles. The van der Waals surface area contributed by atoms with Crippen LogP contribution >= 0.6 is 15.9 Å². The summed E-state index contributed by atoms with van der Waals surface area (Å²) in [5, 5.41) is 18.4. The highest BCUT2D eigenvalue weighted by atomic mass is 79.9. The quantitative estimate of drug-likeness (QED) is 0.570. The van der Waals surface area contributed by atoms with Gasteiger partial charge in [-0.3, -0.25) is 0 Å². The lowest BCUT2D eigenvalue weighted by Crippen LogP contribution is -2.56. The first-order valence-corrected chi connectivity index (χ1v) is 6.94. The molecule has 0 radical (unpaired) electrons. The largest absolute Gasteiger partial charge is 0.430 e. The van der Waals surface area contributed by atoms with E-state index in [0.717, 1.165) is 0 Å². The molecule has 0 aliphatic heterocycles. The van der Waals surface area contributed by atoms with Gasteiger partial charge >= 0.3 is 24.7 Å². The second kappa shape index (κ2) is 6.40. The van der Waals surface area contributed by atoms with Gasteiger partial charge in [0.1, 0.15) is 0 Å². The fourth-order valence-electron chi connectivity index (χ4n) is 2.02. The van der Waals surface area contributed by atoms with Crippen LogP contribution in [0.25, 0.3) is 0 Å². The van der Waals surface area contributed by atoms with Crippen molar-refractivity contribution in [2.75, 3.05) is 0 Å². The topological polar surface area (TPSA) is 40.5 Å². The Morgan fingerprint density at radius 1 is 0.556 bits per heavy atom. The van der Waals surface area contributed by atoms with Crippen molar-refractivity contribution in [3.63, 3.8) is 0 Å². The first-order valence-electron chi connectivity index (χ1n) is 6.15. The summed E-state index contributed by atoms with van der Waals surface area (Å²) in [6.07, 6.45) is -26.3. The molecule has 1 aromatic rings. The minimum Gasteiger partial charge on any atom is -0.369 e. The van der Waals surface area contributed by atoms with Crippen molar-refractivity contribution in [2.24, 2.45) is 0 Å². The zero-order chi connectivity index (χ0) is 21.9. The number of rotatable bonds is 2. The molecular weight excluding hydrogens is 484 g/mol. The predicted octanol–water partition coefficient (Wildman–Crippen LogP) is 5.07. The molecule has 0 aliphatic carbocycles. The lowest BCUT2D eigenvalue weighted by Gasteiger charge is -2.37. The summed E-state index contributed by atoms with van der Waals surface area (Å²) < 4.78 is 152. The maximum absolute atomic E-state index is 12.9. The van der Waals surface area contributed by atoms with Gasteiger partial charge in [0.25, 0.3) is 11.2 Å². The van der Waals surface area contributed by atoms with Crippen molar-refractivity contribution in [3.8, 4) is 0 Å². The van der Waals surface area contributed by atoms with E-state index in [0.29, 0.717) is 0 Å². The highest BCUT2D eigenvalue weighted by Gasteiger charge is 2.74. The average molecular weight is 489 g/mol. The molecule has 0 unspecified atom stereocenters. The number of aliphatic hydroxyl groups is 2. The van der Waals surface area contributed by atoms with Gasteiger partial charge in [-0.25, -0.2) is 0 Å². The average Bonchev–Trinajstić information content (AvgIpc) is 2.41. The third-order valence-corrected chi connectivity index (χ3v) is 4.27. The SMILES string of the molecule is OC(c1cccc(C(O)(C(F)(F)F)C(F)(F)F)c1Br)(C(F)(F)F)C(F)(F)F. The molecule has 156 valence electrons. The van der Waals surface area contributed by atoms with Gasteiger partial charge in [0, 0.05) is 15.6 Å². The second-order valence-electron chi connectivity index (χ2n) is 5.08. The Bertz CT molecular complexity index is 616. The molecule has 0 bridgehead atoms. The Hall–Kier alpha value is -1.22. The van der Waals surface area contributed by atoms with Gasteiger partial charge in [-0.15, -0.1) is 0 Å². The van der Waals surface area contributed by atoms with E-state index < -0.39 is 51.5 Å². The molecule has 0 atom stereocenters. The zero-order valence-corrected chi connectivity index (χ0v) is 13.6. The Labute approximate surface area is 149 Å². The van der Waals surface area contributed by atoms with Crippen molar-refractivity contribution in [1.29, 1.82) is 0 Å². The summed E-state index contributed by atoms with van der Waals surface area (Å²) in [4.78, 5) is 0. The lowest BCUT2D eigenvalue weighted by atomic mass is 9.85. The van der Waals surface area contributed by atoms with E-state index >= 15 is 0 Å². The van der Waals surface area contributed by atoms with Gasteiger partial charge in [0.05, 0.1) is 0 Å². The predicted molar refractivity (Wildman–Crippen MR) is 66.2 cm³/mol. The molecule has 2 nitrogen and oxygen atoms in total. The van der Waals surface area contributed by atoms with E-state index in [-0.39, 0.29) is 18.2 Å². The van der Waals surface area contributed by atoms with Gasteiger partial charge < -0.3 is 10.2 Å². The highest BCUT2D eigenvalue weighted by molar-refractivity contribution is 9.10. The molecule has 2 N–H and O–H groups in total. The van der Waals surface area contributed by atoms with Gasteiger partial charge in [-0.1, -0.05) is 18.2 Å². The summed E-state index contributed by atoms with van der Waals surface area (Å²) in [5.41, 5.74) is -16.5. The van der Waals surface area contributed by atoms with Gasteiger partial charge in [0.2, 0.25) is 0 Å². The Balaban J connectivity index is 3.98. The van der Waals surface area contributed by atoms with E-state index in [1.807, 2.05) is 0 Å². The number of benzene rings is 1. The molecule has 0 aromatic heterocycles. The molecule has 0 spiro atoms. The fourth-order valence-corrected chi connectivity index (χ4v) is 2.86. The Kier molecular flexibility index (Phi) is 5.65. The lowest BCUT2D eigenvalue weighted by molar-refractivity contribution is -0.378. The van der Waals surface area contributed by atoms with Crippen LogP contribution in [0.2, 0.25) is 0 Å². The summed E-state index contributed by atoms with van der Waals surface area (Å²) in [7, 11) is 0. The van der Waals surface area contributed by atoms with Crippen LogP contribution in [0.3, 0.4) is 0 Å². The minimum atomic E-state index is -6.58. The van der Waals surface area contributed by atoms with Crippen LogP contribution in [0.15, 0.2) is 22.7 Å². The van der Waals surface area contributed by atoms with Gasteiger partial charge in [-0.05, 0) is 15.9 Å². The number of hydrogen-bond acceptors (Lipinski definition) is 2. The van der Waals surface area contributed by atoms with E-state index in [4.69, 9.17) is 0 Å². The van der Waals surface area contributed by atoms with Crippen LogP contribution in [0.1, 0.15) is 11.1 Å². The molecule has 15 heteroatoms. The summed E-state index contributed by atoms with van der Waals surface area (Å²) in [6, 6.07) is -0.427. The number of hydrogen-bond donors (Lipinski definition) is 2. The number of halogens is 13. The maximum Gasteiger partial charge on any atom is 0.430 e. The fraction of sp³-hybridized carbons (Fsp3) is 0.500. The number of alkyl halides is 12. The standard InChI is InChI=1S/C12H5BrF12O2/c13-6-4(7(26,9(14,15)16)10(17,18)19)2-1-3-5(6)8(27,11(20,21)22)12(23,24)25/h1-3,26-27H. The summed E-state index contributed by atoms with van der Waals surface area (Å²) >= 11 is 1.80. The van der Waals surface area contributed by atoms with E-state index in [1.165, 1.54) is 0 Å². The first-order chi connectivity index (χ1) is 11.6. The molecule has 1 aromatic carbocycles. The van der Waals surface area contributed by atoms with E-state index in [1.54, 1.807) is 15.9 Å². The molecule has 0 aliphatic rings. The molecule has 1 rings (SSSR count). The van der Waals surface area contributed by atoms with Crippen molar-refractivity contribution < 1.29 is 62.9 Å². The van der Waals surface area contributed by atoms with Crippen molar-refractivity contribution >= 4 is 15.9 Å². The van der Waals surface area contributed by atoms with E-state index in [2.05, 4.69) is 0 Å². The monoisotopic (exact) mass is 488 g/mol. The third kappa shape index (κ3) is 3.48.